The van der Waals surface area contributed by atoms with E-state index in [1.54, 1.807) is 41.5 Å². The van der Waals surface area contributed by atoms with Crippen molar-refractivity contribution in [2.75, 3.05) is 38.8 Å². The molecule has 1 aromatic rings. The first-order valence-corrected chi connectivity index (χ1v) is 16.9. The molecule has 1 rings (SSSR count). The number of carbonyl (C=O) groups is 2. The molecule has 12 nitrogen and oxygen atoms in total. The average molecular weight is 623 g/mol. The maximum absolute atomic E-state index is 12.6. The molecule has 1 atom stereocenters. The van der Waals surface area contributed by atoms with Crippen LogP contribution in [0.25, 0.3) is 0 Å². The standard InChI is InChI=1S/C27H46N2O10S2/c1-20-10-11-21(19-29(12-14-36-40(8,32)33)13-15-37-41(9,34)35)16-22(20)17-23(18-24(30)38-26(2,3)4)28-25(31)39-27(5,6)7/h10-11,16,23H,12-15,17-19H2,1-9H3,(H,28,31)/t23-/m0/s1. The van der Waals surface area contributed by atoms with Crippen molar-refractivity contribution in [1.29, 1.82) is 0 Å². The minimum Gasteiger partial charge on any atom is -0.460 e. The van der Waals surface area contributed by atoms with E-state index < -0.39 is 49.5 Å². The molecule has 14 heteroatoms. The number of amides is 1. The van der Waals surface area contributed by atoms with Gasteiger partial charge in [0.1, 0.15) is 11.2 Å². The molecule has 0 saturated carbocycles. The predicted octanol–water partition coefficient (Wildman–Crippen LogP) is 2.92. The molecule has 236 valence electrons. The maximum Gasteiger partial charge on any atom is 0.407 e. The highest BCUT2D eigenvalue weighted by atomic mass is 32.2. The van der Waals surface area contributed by atoms with E-state index in [-0.39, 0.29) is 32.7 Å². The SMILES string of the molecule is Cc1ccc(CN(CCOS(C)(=O)=O)CCOS(C)(=O)=O)cc1C[C@@H](CC(=O)OC(C)(C)C)NC(=O)OC(C)(C)C. The van der Waals surface area contributed by atoms with Gasteiger partial charge < -0.3 is 14.8 Å². The molecule has 41 heavy (non-hydrogen) atoms. The Balaban J connectivity index is 3.15. The molecule has 0 radical (unpaired) electrons. The van der Waals surface area contributed by atoms with E-state index in [1.165, 1.54) is 0 Å². The number of ether oxygens (including phenoxy) is 2. The third-order valence-electron chi connectivity index (χ3n) is 5.25. The Labute approximate surface area is 245 Å². The molecular formula is C27H46N2O10S2. The van der Waals surface area contributed by atoms with Crippen LogP contribution in [-0.4, -0.2) is 89.9 Å². The molecule has 0 aromatic heterocycles. The minimum atomic E-state index is -3.64. The van der Waals surface area contributed by atoms with E-state index in [0.717, 1.165) is 29.2 Å². The lowest BCUT2D eigenvalue weighted by Crippen LogP contribution is -2.42. The number of hydrogen-bond acceptors (Lipinski definition) is 11. The number of nitrogens with zero attached hydrogens (tertiary/aromatic N) is 1. The van der Waals surface area contributed by atoms with Gasteiger partial charge in [-0.05, 0) is 71.6 Å². The molecule has 0 bridgehead atoms. The van der Waals surface area contributed by atoms with Gasteiger partial charge in [0.15, 0.2) is 0 Å². The third kappa shape index (κ3) is 18.7. The van der Waals surface area contributed by atoms with Crippen molar-refractivity contribution in [2.45, 2.75) is 85.1 Å². The fourth-order valence-corrected chi connectivity index (χ4v) is 4.46. The highest BCUT2D eigenvalue weighted by Gasteiger charge is 2.25. The molecular weight excluding hydrogens is 576 g/mol. The Morgan fingerprint density at radius 2 is 1.39 bits per heavy atom. The fraction of sp³-hybridized carbons (Fsp3) is 0.704. The Morgan fingerprint density at radius 1 is 0.878 bits per heavy atom. The van der Waals surface area contributed by atoms with Crippen LogP contribution in [0.2, 0.25) is 0 Å². The number of carbonyl (C=O) groups excluding carboxylic acids is 2. The number of alkyl carbamates (subject to hydrolysis) is 1. The molecule has 0 heterocycles. The number of esters is 1. The van der Waals surface area contributed by atoms with Crippen molar-refractivity contribution < 1.29 is 44.3 Å². The largest absolute Gasteiger partial charge is 0.460 e. The van der Waals surface area contributed by atoms with E-state index in [0.29, 0.717) is 13.0 Å². The van der Waals surface area contributed by atoms with E-state index >= 15 is 0 Å². The molecule has 1 aromatic carbocycles. The van der Waals surface area contributed by atoms with Crippen LogP contribution >= 0.6 is 0 Å². The van der Waals surface area contributed by atoms with Gasteiger partial charge in [-0.3, -0.25) is 18.1 Å². The van der Waals surface area contributed by atoms with Gasteiger partial charge in [0, 0.05) is 25.7 Å². The highest BCUT2D eigenvalue weighted by molar-refractivity contribution is 7.86. The lowest BCUT2D eigenvalue weighted by Gasteiger charge is -2.26. The van der Waals surface area contributed by atoms with Crippen LogP contribution < -0.4 is 5.32 Å². The van der Waals surface area contributed by atoms with Gasteiger partial charge in [-0.15, -0.1) is 0 Å². The van der Waals surface area contributed by atoms with E-state index in [4.69, 9.17) is 17.8 Å². The summed E-state index contributed by atoms with van der Waals surface area (Å²) in [4.78, 5) is 27.0. The maximum atomic E-state index is 12.6. The van der Waals surface area contributed by atoms with Gasteiger partial charge in [0.2, 0.25) is 0 Å². The van der Waals surface area contributed by atoms with Crippen LogP contribution in [0.4, 0.5) is 4.79 Å². The predicted molar refractivity (Wildman–Crippen MR) is 155 cm³/mol. The van der Waals surface area contributed by atoms with Crippen LogP contribution in [0.15, 0.2) is 18.2 Å². The van der Waals surface area contributed by atoms with E-state index in [1.807, 2.05) is 30.0 Å². The quantitative estimate of drug-likeness (QED) is 0.227. The second-order valence-corrected chi connectivity index (χ2v) is 15.2. The lowest BCUT2D eigenvalue weighted by atomic mass is 9.96. The van der Waals surface area contributed by atoms with Crippen molar-refractivity contribution in [2.24, 2.45) is 0 Å². The minimum absolute atomic E-state index is 0.0715. The van der Waals surface area contributed by atoms with Crippen LogP contribution in [-0.2, 0) is 55.8 Å². The smallest absolute Gasteiger partial charge is 0.407 e. The summed E-state index contributed by atoms with van der Waals surface area (Å²) < 4.78 is 66.2. The number of nitrogens with one attached hydrogen (secondary N) is 1. The summed E-state index contributed by atoms with van der Waals surface area (Å²) in [6.45, 7) is 13.0. The Morgan fingerprint density at radius 3 is 1.85 bits per heavy atom. The molecule has 1 N–H and O–H groups in total. The second-order valence-electron chi connectivity index (χ2n) is 11.9. The van der Waals surface area contributed by atoms with Gasteiger partial charge >= 0.3 is 12.1 Å². The molecule has 0 saturated heterocycles. The van der Waals surface area contributed by atoms with Crippen molar-refractivity contribution in [3.63, 3.8) is 0 Å². The van der Waals surface area contributed by atoms with Crippen LogP contribution in [0, 0.1) is 6.92 Å². The first-order chi connectivity index (χ1) is 18.5. The summed E-state index contributed by atoms with van der Waals surface area (Å²) in [5.41, 5.74) is 1.24. The zero-order valence-electron chi connectivity index (χ0n) is 25.6. The molecule has 0 aliphatic heterocycles. The summed E-state index contributed by atoms with van der Waals surface area (Å²) in [5.74, 6) is -0.463. The van der Waals surface area contributed by atoms with Crippen molar-refractivity contribution in [1.82, 2.24) is 10.2 Å². The Kier molecular flexibility index (Phi) is 13.7. The molecule has 0 aliphatic carbocycles. The summed E-state index contributed by atoms with van der Waals surface area (Å²) >= 11 is 0. The molecule has 0 unspecified atom stereocenters. The number of benzene rings is 1. The zero-order chi connectivity index (χ0) is 31.6. The zero-order valence-corrected chi connectivity index (χ0v) is 27.2. The summed E-state index contributed by atoms with van der Waals surface area (Å²) in [6.07, 6.45) is 1.50. The van der Waals surface area contributed by atoms with Gasteiger partial charge in [0.05, 0.1) is 32.1 Å². The molecule has 0 fully saturated rings. The van der Waals surface area contributed by atoms with Gasteiger partial charge in [0.25, 0.3) is 20.2 Å². The normalized spacial score (nSPS) is 13.6. The van der Waals surface area contributed by atoms with Crippen molar-refractivity contribution >= 4 is 32.3 Å². The molecule has 0 spiro atoms. The third-order valence-corrected chi connectivity index (χ3v) is 6.44. The number of rotatable bonds is 15. The average Bonchev–Trinajstić information content (AvgIpc) is 2.71. The van der Waals surface area contributed by atoms with Gasteiger partial charge in [-0.1, -0.05) is 18.2 Å². The lowest BCUT2D eigenvalue weighted by molar-refractivity contribution is -0.155. The first kappa shape index (κ1) is 36.8. The monoisotopic (exact) mass is 622 g/mol. The fourth-order valence-electron chi connectivity index (χ4n) is 3.70. The Hall–Kier alpha value is -2.26. The van der Waals surface area contributed by atoms with Gasteiger partial charge in [-0.2, -0.15) is 16.8 Å². The van der Waals surface area contributed by atoms with E-state index in [2.05, 4.69) is 5.32 Å². The van der Waals surface area contributed by atoms with Crippen LogP contribution in [0.3, 0.4) is 0 Å². The molecule has 0 aliphatic rings. The van der Waals surface area contributed by atoms with Crippen LogP contribution in [0.5, 0.6) is 0 Å². The van der Waals surface area contributed by atoms with Crippen molar-refractivity contribution in [3.05, 3.63) is 34.9 Å². The summed E-state index contributed by atoms with van der Waals surface area (Å²) in [7, 11) is -7.28. The topological polar surface area (TPSA) is 155 Å². The Bertz CT molecular complexity index is 1170. The summed E-state index contributed by atoms with van der Waals surface area (Å²) in [6, 6.07) is 5.11. The summed E-state index contributed by atoms with van der Waals surface area (Å²) in [5, 5.41) is 2.79. The highest BCUT2D eigenvalue weighted by Crippen LogP contribution is 2.18. The van der Waals surface area contributed by atoms with E-state index in [9.17, 15) is 26.4 Å². The second kappa shape index (κ2) is 15.3. The number of hydrogen-bond donors (Lipinski definition) is 1. The first-order valence-electron chi connectivity index (χ1n) is 13.2. The van der Waals surface area contributed by atoms with Crippen molar-refractivity contribution in [3.8, 4) is 0 Å². The number of aryl methyl sites for hydroxylation is 1. The van der Waals surface area contributed by atoms with Crippen LogP contribution in [0.1, 0.15) is 64.7 Å². The van der Waals surface area contributed by atoms with Gasteiger partial charge in [-0.25, -0.2) is 4.79 Å². The molecule has 1 amide bonds.